The lowest BCUT2D eigenvalue weighted by Crippen LogP contribution is -2.58. The van der Waals surface area contributed by atoms with Gasteiger partial charge >= 0.3 is 0 Å². The van der Waals surface area contributed by atoms with Crippen LogP contribution in [0.25, 0.3) is 0 Å². The number of amides is 1. The number of aromatic nitrogens is 3. The molecule has 1 spiro atoms. The maximum Gasteiger partial charge on any atom is 0.248 e. The van der Waals surface area contributed by atoms with Gasteiger partial charge in [0.1, 0.15) is 6.61 Å². The van der Waals surface area contributed by atoms with E-state index in [0.717, 1.165) is 18.4 Å². The van der Waals surface area contributed by atoms with Crippen molar-refractivity contribution in [2.75, 3.05) is 31.1 Å². The highest BCUT2D eigenvalue weighted by Gasteiger charge is 2.42. The van der Waals surface area contributed by atoms with E-state index in [1.807, 2.05) is 21.9 Å². The Morgan fingerprint density at radius 1 is 1.19 bits per heavy atom. The second-order valence-corrected chi connectivity index (χ2v) is 6.77. The Labute approximate surface area is 150 Å². The SMILES string of the molecule is O=C1COC2(CCN(c3ncc(F)cn3)CC2)CN1Cc1cccnc1. The molecule has 136 valence electrons. The minimum absolute atomic E-state index is 0.00350. The van der Waals surface area contributed by atoms with Crippen LogP contribution in [-0.4, -0.2) is 57.6 Å². The maximum absolute atomic E-state index is 13.0. The van der Waals surface area contributed by atoms with Crippen LogP contribution in [0.4, 0.5) is 10.3 Å². The lowest BCUT2D eigenvalue weighted by atomic mass is 9.89. The van der Waals surface area contributed by atoms with Crippen molar-refractivity contribution in [2.45, 2.75) is 25.0 Å². The van der Waals surface area contributed by atoms with E-state index in [2.05, 4.69) is 15.0 Å². The molecule has 2 aromatic heterocycles. The molecule has 2 aromatic rings. The van der Waals surface area contributed by atoms with Crippen molar-refractivity contribution in [3.8, 4) is 0 Å². The first-order valence-electron chi connectivity index (χ1n) is 8.67. The van der Waals surface area contributed by atoms with Crippen LogP contribution in [0, 0.1) is 5.82 Å². The first-order chi connectivity index (χ1) is 12.6. The summed E-state index contributed by atoms with van der Waals surface area (Å²) in [6, 6.07) is 3.84. The molecule has 0 N–H and O–H groups in total. The van der Waals surface area contributed by atoms with Gasteiger partial charge in [0.15, 0.2) is 5.82 Å². The van der Waals surface area contributed by atoms with Crippen molar-refractivity contribution in [3.05, 3.63) is 48.3 Å². The number of carbonyl (C=O) groups excluding carboxylic acids is 1. The van der Waals surface area contributed by atoms with Crippen LogP contribution in [-0.2, 0) is 16.1 Å². The Kier molecular flexibility index (Phi) is 4.50. The summed E-state index contributed by atoms with van der Waals surface area (Å²) in [5.41, 5.74) is 0.669. The van der Waals surface area contributed by atoms with Crippen molar-refractivity contribution < 1.29 is 13.9 Å². The lowest BCUT2D eigenvalue weighted by Gasteiger charge is -2.47. The highest BCUT2D eigenvalue weighted by atomic mass is 19.1. The monoisotopic (exact) mass is 357 g/mol. The minimum atomic E-state index is -0.442. The quantitative estimate of drug-likeness (QED) is 0.827. The molecule has 0 saturated carbocycles. The normalized spacial score (nSPS) is 19.8. The predicted molar refractivity (Wildman–Crippen MR) is 91.8 cm³/mol. The fourth-order valence-electron chi connectivity index (χ4n) is 3.53. The van der Waals surface area contributed by atoms with E-state index in [9.17, 15) is 9.18 Å². The van der Waals surface area contributed by atoms with Crippen molar-refractivity contribution in [1.29, 1.82) is 0 Å². The summed E-state index contributed by atoms with van der Waals surface area (Å²) < 4.78 is 18.9. The van der Waals surface area contributed by atoms with Crippen LogP contribution in [0.5, 0.6) is 0 Å². The van der Waals surface area contributed by atoms with E-state index in [1.165, 1.54) is 12.4 Å². The Morgan fingerprint density at radius 2 is 1.96 bits per heavy atom. The van der Waals surface area contributed by atoms with Crippen molar-refractivity contribution in [2.24, 2.45) is 0 Å². The van der Waals surface area contributed by atoms with Crippen LogP contribution in [0.1, 0.15) is 18.4 Å². The zero-order valence-corrected chi connectivity index (χ0v) is 14.3. The third kappa shape index (κ3) is 3.50. The second-order valence-electron chi connectivity index (χ2n) is 6.77. The molecule has 2 aliphatic rings. The third-order valence-corrected chi connectivity index (χ3v) is 4.99. The molecule has 2 saturated heterocycles. The molecular formula is C18H20FN5O2. The standard InChI is InChI=1S/C18H20FN5O2/c19-15-9-21-17(22-10-15)23-6-3-18(4-7-23)13-24(16(25)12-26-18)11-14-2-1-5-20-8-14/h1-2,5,8-10H,3-4,6-7,11-13H2. The number of halogens is 1. The van der Waals surface area contributed by atoms with Crippen LogP contribution < -0.4 is 4.90 Å². The summed E-state index contributed by atoms with van der Waals surface area (Å²) in [5, 5.41) is 0. The van der Waals surface area contributed by atoms with Gasteiger partial charge in [-0.25, -0.2) is 14.4 Å². The number of rotatable bonds is 3. The van der Waals surface area contributed by atoms with E-state index >= 15 is 0 Å². The van der Waals surface area contributed by atoms with Gasteiger partial charge in [-0.3, -0.25) is 9.78 Å². The Balaban J connectivity index is 1.41. The summed E-state index contributed by atoms with van der Waals surface area (Å²) in [6.07, 6.45) is 7.40. The van der Waals surface area contributed by atoms with Crippen molar-refractivity contribution in [3.63, 3.8) is 0 Å². The average molecular weight is 357 g/mol. The number of hydrogen-bond donors (Lipinski definition) is 0. The molecule has 26 heavy (non-hydrogen) atoms. The molecule has 0 aliphatic carbocycles. The molecule has 2 aliphatic heterocycles. The maximum atomic E-state index is 13.0. The van der Waals surface area contributed by atoms with Crippen molar-refractivity contribution in [1.82, 2.24) is 19.9 Å². The van der Waals surface area contributed by atoms with Crippen LogP contribution in [0.15, 0.2) is 36.9 Å². The number of carbonyl (C=O) groups is 1. The number of pyridine rings is 1. The second kappa shape index (κ2) is 6.95. The van der Waals surface area contributed by atoms with Gasteiger partial charge in [0.2, 0.25) is 11.9 Å². The molecule has 4 rings (SSSR count). The highest BCUT2D eigenvalue weighted by molar-refractivity contribution is 5.78. The first-order valence-corrected chi connectivity index (χ1v) is 8.67. The van der Waals surface area contributed by atoms with E-state index < -0.39 is 5.82 Å². The first kappa shape index (κ1) is 16.8. The molecule has 0 atom stereocenters. The van der Waals surface area contributed by atoms with E-state index in [-0.39, 0.29) is 18.1 Å². The summed E-state index contributed by atoms with van der Waals surface area (Å²) in [7, 11) is 0. The lowest BCUT2D eigenvalue weighted by molar-refractivity contribution is -0.168. The van der Waals surface area contributed by atoms with Crippen LogP contribution in [0.2, 0.25) is 0 Å². The van der Waals surface area contributed by atoms with E-state index in [4.69, 9.17) is 4.74 Å². The van der Waals surface area contributed by atoms with Gasteiger partial charge in [-0.2, -0.15) is 0 Å². The number of piperidine rings is 1. The zero-order valence-electron chi connectivity index (χ0n) is 14.3. The number of nitrogens with zero attached hydrogens (tertiary/aromatic N) is 5. The average Bonchev–Trinajstić information content (AvgIpc) is 2.67. The third-order valence-electron chi connectivity index (χ3n) is 4.99. The largest absolute Gasteiger partial charge is 0.363 e. The highest BCUT2D eigenvalue weighted by Crippen LogP contribution is 2.32. The van der Waals surface area contributed by atoms with Crippen molar-refractivity contribution >= 4 is 11.9 Å². The van der Waals surface area contributed by atoms with Gasteiger partial charge in [-0.05, 0) is 24.5 Å². The smallest absolute Gasteiger partial charge is 0.248 e. The van der Waals surface area contributed by atoms with Gasteiger partial charge in [-0.15, -0.1) is 0 Å². The summed E-state index contributed by atoms with van der Waals surface area (Å²) in [6.45, 7) is 2.63. The number of hydrogen-bond acceptors (Lipinski definition) is 6. The molecule has 0 aromatic carbocycles. The molecule has 7 nitrogen and oxygen atoms in total. The summed E-state index contributed by atoms with van der Waals surface area (Å²) in [4.78, 5) is 28.3. The topological polar surface area (TPSA) is 71.5 Å². The Hall–Kier alpha value is -2.61. The van der Waals surface area contributed by atoms with Gasteiger partial charge in [0, 0.05) is 32.0 Å². The summed E-state index contributed by atoms with van der Waals surface area (Å²) in [5.74, 6) is 0.0894. The zero-order chi connectivity index (χ0) is 18.0. The fourth-order valence-corrected chi connectivity index (χ4v) is 3.53. The van der Waals surface area contributed by atoms with Gasteiger partial charge < -0.3 is 14.5 Å². The van der Waals surface area contributed by atoms with Gasteiger partial charge in [0.25, 0.3) is 0 Å². The molecule has 2 fully saturated rings. The predicted octanol–water partition coefficient (Wildman–Crippen LogP) is 1.41. The van der Waals surface area contributed by atoms with Crippen LogP contribution >= 0.6 is 0 Å². The molecule has 0 unspecified atom stereocenters. The molecule has 0 radical (unpaired) electrons. The fraction of sp³-hybridized carbons (Fsp3) is 0.444. The molecule has 4 heterocycles. The van der Waals surface area contributed by atoms with Gasteiger partial charge in [-0.1, -0.05) is 6.07 Å². The van der Waals surface area contributed by atoms with Gasteiger partial charge in [0.05, 0.1) is 24.5 Å². The number of ether oxygens (including phenoxy) is 1. The minimum Gasteiger partial charge on any atom is -0.363 e. The molecule has 8 heteroatoms. The molecule has 1 amide bonds. The Morgan fingerprint density at radius 3 is 2.65 bits per heavy atom. The number of morpholine rings is 1. The molecule has 0 bridgehead atoms. The number of anilines is 1. The van der Waals surface area contributed by atoms with E-state index in [1.54, 1.807) is 12.4 Å². The van der Waals surface area contributed by atoms with E-state index in [0.29, 0.717) is 32.1 Å². The summed E-state index contributed by atoms with van der Waals surface area (Å²) >= 11 is 0. The van der Waals surface area contributed by atoms with Crippen LogP contribution in [0.3, 0.4) is 0 Å². The molecular weight excluding hydrogens is 337 g/mol. The Bertz CT molecular complexity index is 763.